The van der Waals surface area contributed by atoms with Crippen LogP contribution in [-0.4, -0.2) is 16.7 Å². The first kappa shape index (κ1) is 18.7. The van der Waals surface area contributed by atoms with E-state index in [1.807, 2.05) is 0 Å². The van der Waals surface area contributed by atoms with Crippen LogP contribution in [0.4, 0.5) is 5.69 Å². The maximum absolute atomic E-state index is 6.25. The Morgan fingerprint density at radius 1 is 0.967 bits per heavy atom. The van der Waals surface area contributed by atoms with Crippen molar-refractivity contribution in [3.8, 4) is 0 Å². The molecule has 2 aliphatic rings. The molecule has 0 radical (unpaired) electrons. The van der Waals surface area contributed by atoms with Crippen molar-refractivity contribution >= 4 is 22.3 Å². The molecule has 5 rings (SSSR count). The van der Waals surface area contributed by atoms with Gasteiger partial charge in [-0.15, -0.1) is 0 Å². The average molecular weight is 394 g/mol. The number of H-pyrrole nitrogens is 1. The summed E-state index contributed by atoms with van der Waals surface area (Å²) in [6.07, 6.45) is 8.64. The lowest BCUT2D eigenvalue weighted by atomic mass is 9.77. The molecule has 3 heteroatoms. The normalized spacial score (nSPS) is 18.8. The van der Waals surface area contributed by atoms with Gasteiger partial charge in [0.15, 0.2) is 0 Å². The Labute approximate surface area is 177 Å². The van der Waals surface area contributed by atoms with Crippen LogP contribution in [0.2, 0.25) is 0 Å². The van der Waals surface area contributed by atoms with Crippen LogP contribution < -0.4 is 5.73 Å². The van der Waals surface area contributed by atoms with E-state index in [9.17, 15) is 0 Å². The number of para-hydroxylation sites is 1. The van der Waals surface area contributed by atoms with E-state index in [0.29, 0.717) is 0 Å². The molecule has 1 aliphatic carbocycles. The number of aromatic nitrogens is 1. The zero-order chi connectivity index (χ0) is 21.0. The summed E-state index contributed by atoms with van der Waals surface area (Å²) in [5.41, 5.74) is 18.3. The summed E-state index contributed by atoms with van der Waals surface area (Å²) in [5, 5.41) is 1.27. The summed E-state index contributed by atoms with van der Waals surface area (Å²) in [6, 6.07) is 13.0. The van der Waals surface area contributed by atoms with E-state index < -0.39 is 0 Å². The van der Waals surface area contributed by atoms with Crippen molar-refractivity contribution < 1.29 is 0 Å². The third-order valence-electron chi connectivity index (χ3n) is 6.74. The lowest BCUT2D eigenvalue weighted by Gasteiger charge is -2.25. The summed E-state index contributed by atoms with van der Waals surface area (Å²) in [4.78, 5) is 8.61. The van der Waals surface area contributed by atoms with E-state index in [4.69, 9.17) is 10.7 Å². The molecular formula is C27H27N3. The highest BCUT2D eigenvalue weighted by Gasteiger charge is 2.34. The van der Waals surface area contributed by atoms with E-state index in [1.54, 1.807) is 0 Å². The molecule has 1 aromatic heterocycles. The molecule has 3 aromatic rings. The molecule has 0 saturated carbocycles. The van der Waals surface area contributed by atoms with E-state index in [1.165, 1.54) is 44.4 Å². The molecule has 2 unspecified atom stereocenters. The number of fused-ring (bicyclic) bond motifs is 2. The number of nitrogens with one attached hydrogen (secondary N) is 1. The topological polar surface area (TPSA) is 54.2 Å². The number of aryl methyl sites for hydroxylation is 1. The van der Waals surface area contributed by atoms with Gasteiger partial charge in [-0.2, -0.15) is 0 Å². The molecule has 3 N–H and O–H groups in total. The van der Waals surface area contributed by atoms with E-state index in [2.05, 4.69) is 93.4 Å². The number of benzene rings is 2. The van der Waals surface area contributed by atoms with Crippen LogP contribution in [0.5, 0.6) is 0 Å². The molecule has 0 amide bonds. The maximum Gasteiger partial charge on any atom is 0.0940 e. The highest BCUT2D eigenvalue weighted by molar-refractivity contribution is 6.05. The van der Waals surface area contributed by atoms with Gasteiger partial charge >= 0.3 is 0 Å². The third-order valence-corrected chi connectivity index (χ3v) is 6.74. The van der Waals surface area contributed by atoms with Crippen LogP contribution in [0.15, 0.2) is 76.8 Å². The Hall–Kier alpha value is -3.33. The first-order valence-electron chi connectivity index (χ1n) is 10.5. The van der Waals surface area contributed by atoms with E-state index in [0.717, 1.165) is 17.0 Å². The van der Waals surface area contributed by atoms with Crippen molar-refractivity contribution in [1.82, 2.24) is 4.98 Å². The monoisotopic (exact) mass is 393 g/mol. The van der Waals surface area contributed by atoms with Gasteiger partial charge in [0.05, 0.1) is 6.04 Å². The Balaban J connectivity index is 1.86. The van der Waals surface area contributed by atoms with Gasteiger partial charge in [-0.3, -0.25) is 4.99 Å². The minimum Gasteiger partial charge on any atom is -0.399 e. The fraction of sp³-hybridized carbons (Fsp3) is 0.222. The quantitative estimate of drug-likeness (QED) is 0.521. The van der Waals surface area contributed by atoms with E-state index >= 15 is 0 Å². The SMILES string of the molecule is CC1=NC2C=CC=CC2=C1C(c1ccc(N)c(C)c1C)c1c(C)[nH]c2ccccc12. The van der Waals surface area contributed by atoms with Gasteiger partial charge in [-0.05, 0) is 73.2 Å². The number of allylic oxidation sites excluding steroid dienone is 3. The van der Waals surface area contributed by atoms with Crippen LogP contribution in [0, 0.1) is 20.8 Å². The minimum absolute atomic E-state index is 0.0975. The second-order valence-electron chi connectivity index (χ2n) is 8.41. The van der Waals surface area contributed by atoms with Gasteiger partial charge in [0.25, 0.3) is 0 Å². The minimum atomic E-state index is 0.0975. The zero-order valence-corrected chi connectivity index (χ0v) is 18.0. The number of hydrogen-bond donors (Lipinski definition) is 2. The number of aliphatic imine (C=N–C) groups is 1. The number of rotatable bonds is 3. The fourth-order valence-electron chi connectivity index (χ4n) is 5.06. The first-order valence-corrected chi connectivity index (χ1v) is 10.5. The predicted molar refractivity (Wildman–Crippen MR) is 127 cm³/mol. The highest BCUT2D eigenvalue weighted by Crippen LogP contribution is 2.45. The van der Waals surface area contributed by atoms with Crippen molar-refractivity contribution in [1.29, 1.82) is 0 Å². The molecular weight excluding hydrogens is 366 g/mol. The Morgan fingerprint density at radius 2 is 1.77 bits per heavy atom. The van der Waals surface area contributed by atoms with Crippen molar-refractivity contribution in [2.24, 2.45) is 4.99 Å². The van der Waals surface area contributed by atoms with Gasteiger partial charge in [0.1, 0.15) is 0 Å². The lowest BCUT2D eigenvalue weighted by molar-refractivity contribution is 0.937. The Bertz CT molecular complexity index is 1300. The van der Waals surface area contributed by atoms with Gasteiger partial charge < -0.3 is 10.7 Å². The summed E-state index contributed by atoms with van der Waals surface area (Å²) < 4.78 is 0. The summed E-state index contributed by atoms with van der Waals surface area (Å²) in [7, 11) is 0. The fourth-order valence-corrected chi connectivity index (χ4v) is 5.06. The summed E-state index contributed by atoms with van der Waals surface area (Å²) in [5.74, 6) is 0.0975. The molecule has 30 heavy (non-hydrogen) atoms. The average Bonchev–Trinajstić information content (AvgIpc) is 3.24. The number of nitrogen functional groups attached to an aromatic ring is 1. The molecule has 0 spiro atoms. The van der Waals surface area contributed by atoms with Crippen molar-refractivity contribution in [2.75, 3.05) is 5.73 Å². The largest absolute Gasteiger partial charge is 0.399 e. The smallest absolute Gasteiger partial charge is 0.0940 e. The number of aromatic amines is 1. The van der Waals surface area contributed by atoms with Crippen LogP contribution >= 0.6 is 0 Å². The predicted octanol–water partition coefficient (Wildman–Crippen LogP) is 6.07. The second kappa shape index (κ2) is 6.88. The van der Waals surface area contributed by atoms with Crippen molar-refractivity contribution in [2.45, 2.75) is 39.7 Å². The molecule has 150 valence electrons. The third kappa shape index (κ3) is 2.69. The van der Waals surface area contributed by atoms with Gasteiger partial charge in [0, 0.05) is 33.9 Å². The molecule has 1 aliphatic heterocycles. The van der Waals surface area contributed by atoms with Crippen LogP contribution in [0.1, 0.15) is 40.8 Å². The maximum atomic E-state index is 6.25. The van der Waals surface area contributed by atoms with Gasteiger partial charge in [-0.1, -0.05) is 48.6 Å². The number of hydrogen-bond acceptors (Lipinski definition) is 2. The Morgan fingerprint density at radius 3 is 2.60 bits per heavy atom. The number of anilines is 1. The molecule has 2 heterocycles. The van der Waals surface area contributed by atoms with E-state index in [-0.39, 0.29) is 12.0 Å². The van der Waals surface area contributed by atoms with Gasteiger partial charge in [-0.25, -0.2) is 0 Å². The number of nitrogens with two attached hydrogens (primary N) is 1. The molecule has 0 saturated heterocycles. The summed E-state index contributed by atoms with van der Waals surface area (Å²) in [6.45, 7) is 8.65. The van der Waals surface area contributed by atoms with Crippen LogP contribution in [0.25, 0.3) is 10.9 Å². The van der Waals surface area contributed by atoms with Gasteiger partial charge in [0.2, 0.25) is 0 Å². The molecule has 3 nitrogen and oxygen atoms in total. The molecule has 0 fully saturated rings. The highest BCUT2D eigenvalue weighted by atomic mass is 14.8. The standard InChI is InChI=1S/C27H27N3/c1-15-16(2)22(28)14-13-19(15)27(25-17(3)29-23-11-7-5-9-20(23)25)26-18(4)30-24-12-8-6-10-21(24)26/h5-14,23,27,30H,28H2,1-4H3. The van der Waals surface area contributed by atoms with Crippen LogP contribution in [-0.2, 0) is 0 Å². The lowest BCUT2D eigenvalue weighted by Crippen LogP contribution is -2.14. The molecule has 0 bridgehead atoms. The Kier molecular flexibility index (Phi) is 4.28. The molecule has 2 aromatic carbocycles. The number of nitrogens with zero attached hydrogens (tertiary/aromatic N) is 1. The molecule has 2 atom stereocenters. The van der Waals surface area contributed by atoms with Crippen molar-refractivity contribution in [3.05, 3.63) is 99.8 Å². The summed E-state index contributed by atoms with van der Waals surface area (Å²) >= 11 is 0. The zero-order valence-electron chi connectivity index (χ0n) is 18.0. The van der Waals surface area contributed by atoms with Crippen molar-refractivity contribution in [3.63, 3.8) is 0 Å². The first-order chi connectivity index (χ1) is 14.5. The second-order valence-corrected chi connectivity index (χ2v) is 8.41. The van der Waals surface area contributed by atoms with Crippen LogP contribution in [0.3, 0.4) is 0 Å².